The largest absolute Gasteiger partial charge is 0.384 e. The van der Waals surface area contributed by atoms with Crippen molar-refractivity contribution in [1.82, 2.24) is 9.97 Å². The van der Waals surface area contributed by atoms with Gasteiger partial charge in [-0.05, 0) is 5.92 Å². The molecule has 19 heavy (non-hydrogen) atoms. The summed E-state index contributed by atoms with van der Waals surface area (Å²) in [6.07, 6.45) is 0. The number of primary amides is 1. The second-order valence-electron chi connectivity index (χ2n) is 5.40. The third-order valence-corrected chi connectivity index (χ3v) is 2.52. The molecule has 0 bridgehead atoms. The van der Waals surface area contributed by atoms with Crippen LogP contribution in [-0.2, 0) is 4.79 Å². The Morgan fingerprint density at radius 3 is 2.42 bits per heavy atom. The van der Waals surface area contributed by atoms with E-state index < -0.39 is 0 Å². The highest BCUT2D eigenvalue weighted by Crippen LogP contribution is 2.19. The molecule has 0 atom stereocenters. The number of nitrogens with two attached hydrogens (primary N) is 2. The molecule has 6 heteroatoms. The van der Waals surface area contributed by atoms with Crippen molar-refractivity contribution in [3.63, 3.8) is 0 Å². The zero-order valence-corrected chi connectivity index (χ0v) is 12.1. The summed E-state index contributed by atoms with van der Waals surface area (Å²) >= 11 is 0. The van der Waals surface area contributed by atoms with Gasteiger partial charge in [-0.25, -0.2) is 9.97 Å². The van der Waals surface area contributed by atoms with E-state index in [0.717, 1.165) is 0 Å². The van der Waals surface area contributed by atoms with Gasteiger partial charge >= 0.3 is 0 Å². The number of amides is 1. The van der Waals surface area contributed by atoms with Crippen molar-refractivity contribution in [1.29, 1.82) is 0 Å². The fraction of sp³-hybridized carbons (Fsp3) is 0.615. The van der Waals surface area contributed by atoms with Crippen LogP contribution < -0.4 is 16.4 Å². The van der Waals surface area contributed by atoms with Crippen LogP contribution >= 0.6 is 0 Å². The van der Waals surface area contributed by atoms with E-state index in [1.807, 2.05) is 18.7 Å². The molecule has 0 aromatic carbocycles. The zero-order valence-electron chi connectivity index (χ0n) is 12.1. The topological polar surface area (TPSA) is 98.1 Å². The number of hydrogen-bond acceptors (Lipinski definition) is 5. The van der Waals surface area contributed by atoms with Crippen LogP contribution in [-0.4, -0.2) is 29.0 Å². The quantitative estimate of drug-likeness (QED) is 0.803. The van der Waals surface area contributed by atoms with Crippen molar-refractivity contribution in [3.8, 4) is 0 Å². The van der Waals surface area contributed by atoms with Gasteiger partial charge in [-0.1, -0.05) is 27.7 Å². The number of rotatable bonds is 6. The number of carbonyl (C=O) groups excluding carboxylic acids is 1. The SMILES string of the molecule is CC(C)CN(CC(N)=O)c1cc(N)nc(C(C)C)n1. The van der Waals surface area contributed by atoms with Crippen LogP contribution in [0.3, 0.4) is 0 Å². The molecule has 1 amide bonds. The van der Waals surface area contributed by atoms with Gasteiger partial charge in [-0.2, -0.15) is 0 Å². The van der Waals surface area contributed by atoms with Crippen LogP contribution in [0.5, 0.6) is 0 Å². The molecular weight excluding hydrogens is 242 g/mol. The molecule has 6 nitrogen and oxygen atoms in total. The summed E-state index contributed by atoms with van der Waals surface area (Å²) in [7, 11) is 0. The highest BCUT2D eigenvalue weighted by Gasteiger charge is 2.15. The standard InChI is InChI=1S/C13H23N5O/c1-8(2)6-18(7-11(15)19)12-5-10(14)16-13(17-12)9(3)4/h5,8-9H,6-7H2,1-4H3,(H2,15,19)(H2,14,16,17). The minimum atomic E-state index is -0.385. The fourth-order valence-electron chi connectivity index (χ4n) is 1.76. The van der Waals surface area contributed by atoms with E-state index in [4.69, 9.17) is 11.5 Å². The van der Waals surface area contributed by atoms with Crippen molar-refractivity contribution in [2.45, 2.75) is 33.6 Å². The maximum Gasteiger partial charge on any atom is 0.236 e. The van der Waals surface area contributed by atoms with Gasteiger partial charge in [0.2, 0.25) is 5.91 Å². The number of hydrogen-bond donors (Lipinski definition) is 2. The van der Waals surface area contributed by atoms with Crippen LogP contribution in [0.1, 0.15) is 39.4 Å². The first-order valence-electron chi connectivity index (χ1n) is 6.47. The number of carbonyl (C=O) groups is 1. The predicted molar refractivity (Wildman–Crippen MR) is 76.8 cm³/mol. The molecule has 0 radical (unpaired) electrons. The molecule has 1 heterocycles. The van der Waals surface area contributed by atoms with E-state index in [-0.39, 0.29) is 18.4 Å². The molecule has 0 spiro atoms. The molecular formula is C13H23N5O. The van der Waals surface area contributed by atoms with Crippen LogP contribution in [0.4, 0.5) is 11.6 Å². The summed E-state index contributed by atoms with van der Waals surface area (Å²) in [5.74, 6) is 1.92. The number of nitrogens with zero attached hydrogens (tertiary/aromatic N) is 3. The van der Waals surface area contributed by atoms with Crippen molar-refractivity contribution < 1.29 is 4.79 Å². The van der Waals surface area contributed by atoms with Gasteiger partial charge in [-0.3, -0.25) is 4.79 Å². The van der Waals surface area contributed by atoms with E-state index >= 15 is 0 Å². The molecule has 1 aromatic rings. The van der Waals surface area contributed by atoms with Crippen molar-refractivity contribution in [3.05, 3.63) is 11.9 Å². The molecule has 106 valence electrons. The Kier molecular flexibility index (Phi) is 5.09. The molecule has 0 saturated heterocycles. The lowest BCUT2D eigenvalue weighted by atomic mass is 10.2. The average Bonchev–Trinajstić information content (AvgIpc) is 2.25. The predicted octanol–water partition coefficient (Wildman–Crippen LogP) is 1.13. The Morgan fingerprint density at radius 1 is 1.32 bits per heavy atom. The first-order valence-corrected chi connectivity index (χ1v) is 6.47. The van der Waals surface area contributed by atoms with Crippen LogP contribution in [0.15, 0.2) is 6.07 Å². The monoisotopic (exact) mass is 265 g/mol. The van der Waals surface area contributed by atoms with Gasteiger partial charge in [-0.15, -0.1) is 0 Å². The van der Waals surface area contributed by atoms with Crippen LogP contribution in [0.2, 0.25) is 0 Å². The Bertz CT molecular complexity index is 445. The van der Waals surface area contributed by atoms with E-state index in [9.17, 15) is 4.79 Å². The lowest BCUT2D eigenvalue weighted by Gasteiger charge is -2.25. The van der Waals surface area contributed by atoms with Crippen LogP contribution in [0, 0.1) is 5.92 Å². The highest BCUT2D eigenvalue weighted by molar-refractivity contribution is 5.79. The maximum atomic E-state index is 11.2. The van der Waals surface area contributed by atoms with Gasteiger partial charge in [0.1, 0.15) is 17.5 Å². The van der Waals surface area contributed by atoms with Gasteiger partial charge < -0.3 is 16.4 Å². The van der Waals surface area contributed by atoms with Crippen LogP contribution in [0.25, 0.3) is 0 Å². The van der Waals surface area contributed by atoms with Crippen molar-refractivity contribution in [2.75, 3.05) is 23.7 Å². The van der Waals surface area contributed by atoms with Crippen molar-refractivity contribution in [2.24, 2.45) is 11.7 Å². The average molecular weight is 265 g/mol. The molecule has 0 unspecified atom stereocenters. The molecule has 4 N–H and O–H groups in total. The second kappa shape index (κ2) is 6.36. The molecule has 1 aromatic heterocycles. The Morgan fingerprint density at radius 2 is 1.95 bits per heavy atom. The number of aromatic nitrogens is 2. The summed E-state index contributed by atoms with van der Waals surface area (Å²) in [5.41, 5.74) is 11.1. The maximum absolute atomic E-state index is 11.2. The normalized spacial score (nSPS) is 11.1. The lowest BCUT2D eigenvalue weighted by Crippen LogP contribution is -2.37. The second-order valence-corrected chi connectivity index (χ2v) is 5.40. The van der Waals surface area contributed by atoms with Crippen molar-refractivity contribution >= 4 is 17.5 Å². The minimum Gasteiger partial charge on any atom is -0.384 e. The number of anilines is 2. The summed E-state index contributed by atoms with van der Waals surface area (Å²) in [6, 6.07) is 1.68. The Hall–Kier alpha value is -1.85. The fourth-order valence-corrected chi connectivity index (χ4v) is 1.76. The lowest BCUT2D eigenvalue weighted by molar-refractivity contribution is -0.116. The first-order chi connectivity index (χ1) is 8.79. The van der Waals surface area contributed by atoms with E-state index in [0.29, 0.717) is 29.9 Å². The van der Waals surface area contributed by atoms with E-state index in [2.05, 4.69) is 23.8 Å². The molecule has 0 aliphatic heterocycles. The third-order valence-electron chi connectivity index (χ3n) is 2.52. The minimum absolute atomic E-state index is 0.131. The van der Waals surface area contributed by atoms with E-state index in [1.165, 1.54) is 0 Å². The molecule has 0 aliphatic rings. The highest BCUT2D eigenvalue weighted by atomic mass is 16.1. The molecule has 0 aliphatic carbocycles. The van der Waals surface area contributed by atoms with Gasteiger partial charge in [0.25, 0.3) is 0 Å². The van der Waals surface area contributed by atoms with E-state index in [1.54, 1.807) is 6.07 Å². The summed E-state index contributed by atoms with van der Waals surface area (Å²) in [4.78, 5) is 21.7. The molecule has 0 saturated carbocycles. The Balaban J connectivity index is 3.09. The zero-order chi connectivity index (χ0) is 14.6. The van der Waals surface area contributed by atoms with Gasteiger partial charge in [0.05, 0.1) is 6.54 Å². The summed E-state index contributed by atoms with van der Waals surface area (Å²) in [6.45, 7) is 8.96. The number of nitrogen functional groups attached to an aromatic ring is 1. The Labute approximate surface area is 114 Å². The third kappa shape index (κ3) is 4.73. The summed E-state index contributed by atoms with van der Waals surface area (Å²) < 4.78 is 0. The van der Waals surface area contributed by atoms with Gasteiger partial charge in [0, 0.05) is 18.5 Å². The van der Waals surface area contributed by atoms with Gasteiger partial charge in [0.15, 0.2) is 0 Å². The smallest absolute Gasteiger partial charge is 0.236 e. The first kappa shape index (κ1) is 15.2. The molecule has 0 fully saturated rings. The summed E-state index contributed by atoms with van der Waals surface area (Å²) in [5, 5.41) is 0. The molecule has 1 rings (SSSR count).